The van der Waals surface area contributed by atoms with Gasteiger partial charge in [0.1, 0.15) is 6.61 Å². The third-order valence-corrected chi connectivity index (χ3v) is 3.99. The predicted molar refractivity (Wildman–Crippen MR) is 59.0 cm³/mol. The normalized spacial score (nSPS) is 20.9. The summed E-state index contributed by atoms with van der Waals surface area (Å²) < 4.78 is 67.8. The second-order valence-electron chi connectivity index (χ2n) is 4.40. The van der Waals surface area contributed by atoms with Crippen molar-refractivity contribution in [1.29, 1.82) is 0 Å². The molecule has 4 nitrogen and oxygen atoms in total. The molecule has 1 saturated heterocycles. The molecular formula is C9H14ClF3O4S. The van der Waals surface area contributed by atoms with Crippen LogP contribution in [0, 0.1) is 5.41 Å². The van der Waals surface area contributed by atoms with Crippen molar-refractivity contribution in [2.24, 2.45) is 5.41 Å². The van der Waals surface area contributed by atoms with Gasteiger partial charge >= 0.3 is 6.18 Å². The van der Waals surface area contributed by atoms with Crippen molar-refractivity contribution in [2.45, 2.75) is 19.0 Å². The van der Waals surface area contributed by atoms with Crippen molar-refractivity contribution >= 4 is 19.7 Å². The Morgan fingerprint density at radius 1 is 1.28 bits per heavy atom. The first kappa shape index (κ1) is 16.0. The van der Waals surface area contributed by atoms with Gasteiger partial charge < -0.3 is 9.47 Å². The van der Waals surface area contributed by atoms with E-state index < -0.39 is 33.0 Å². The SMILES string of the molecule is O=S(=O)(Cl)CC1(COCC(F)(F)F)CCOCC1. The fourth-order valence-corrected chi connectivity index (χ4v) is 3.68. The lowest BCUT2D eigenvalue weighted by atomic mass is 9.83. The largest absolute Gasteiger partial charge is 0.411 e. The summed E-state index contributed by atoms with van der Waals surface area (Å²) in [4.78, 5) is 0. The number of halogens is 4. The maximum Gasteiger partial charge on any atom is 0.411 e. The molecular weight excluding hydrogens is 297 g/mol. The molecule has 1 rings (SSSR count). The molecule has 0 atom stereocenters. The quantitative estimate of drug-likeness (QED) is 0.728. The zero-order valence-electron chi connectivity index (χ0n) is 9.50. The minimum absolute atomic E-state index is 0.290. The number of hydrogen-bond acceptors (Lipinski definition) is 4. The Bertz CT molecular complexity index is 362. The van der Waals surface area contributed by atoms with Gasteiger partial charge in [0.15, 0.2) is 0 Å². The summed E-state index contributed by atoms with van der Waals surface area (Å²) >= 11 is 0. The van der Waals surface area contributed by atoms with E-state index in [1.54, 1.807) is 0 Å². The molecule has 0 spiro atoms. The van der Waals surface area contributed by atoms with Crippen LogP contribution in [0.4, 0.5) is 13.2 Å². The molecule has 0 aromatic heterocycles. The van der Waals surface area contributed by atoms with Crippen LogP contribution in [-0.4, -0.2) is 46.8 Å². The standard InChI is InChI=1S/C9H14ClF3O4S/c10-18(14,15)7-8(1-3-16-4-2-8)5-17-6-9(11,12)13/h1-7H2. The first-order valence-corrected chi connectivity index (χ1v) is 7.74. The molecule has 18 heavy (non-hydrogen) atoms. The van der Waals surface area contributed by atoms with Crippen LogP contribution in [0.25, 0.3) is 0 Å². The minimum atomic E-state index is -4.42. The first-order chi connectivity index (χ1) is 8.12. The Morgan fingerprint density at radius 3 is 2.28 bits per heavy atom. The Kier molecular flexibility index (Phi) is 5.28. The van der Waals surface area contributed by atoms with E-state index >= 15 is 0 Å². The van der Waals surface area contributed by atoms with Crippen LogP contribution in [0.2, 0.25) is 0 Å². The highest BCUT2D eigenvalue weighted by Gasteiger charge is 2.38. The van der Waals surface area contributed by atoms with E-state index in [4.69, 9.17) is 15.4 Å². The lowest BCUT2D eigenvalue weighted by Crippen LogP contribution is -2.40. The van der Waals surface area contributed by atoms with Crippen molar-refractivity contribution in [3.05, 3.63) is 0 Å². The van der Waals surface area contributed by atoms with Crippen LogP contribution in [0.3, 0.4) is 0 Å². The summed E-state index contributed by atoms with van der Waals surface area (Å²) in [6, 6.07) is 0. The van der Waals surface area contributed by atoms with Gasteiger partial charge in [-0.2, -0.15) is 13.2 Å². The molecule has 0 N–H and O–H groups in total. The van der Waals surface area contributed by atoms with E-state index in [1.165, 1.54) is 0 Å². The lowest BCUT2D eigenvalue weighted by Gasteiger charge is -2.35. The van der Waals surface area contributed by atoms with Crippen molar-refractivity contribution in [1.82, 2.24) is 0 Å². The van der Waals surface area contributed by atoms with E-state index in [0.29, 0.717) is 26.1 Å². The highest BCUT2D eigenvalue weighted by molar-refractivity contribution is 8.13. The summed E-state index contributed by atoms with van der Waals surface area (Å²) in [5.41, 5.74) is -0.885. The average molecular weight is 311 g/mol. The molecule has 0 aromatic carbocycles. The van der Waals surface area contributed by atoms with Gasteiger partial charge in [0.05, 0.1) is 12.4 Å². The third kappa shape index (κ3) is 6.21. The van der Waals surface area contributed by atoms with E-state index in [0.717, 1.165) is 0 Å². The fourth-order valence-electron chi connectivity index (χ4n) is 1.88. The molecule has 9 heteroatoms. The summed E-state index contributed by atoms with van der Waals surface area (Å²) in [5, 5.41) is 0. The van der Waals surface area contributed by atoms with Crippen LogP contribution >= 0.6 is 10.7 Å². The van der Waals surface area contributed by atoms with E-state index in [1.807, 2.05) is 0 Å². The Balaban J connectivity index is 2.61. The average Bonchev–Trinajstić information content (AvgIpc) is 2.13. The minimum Gasteiger partial charge on any atom is -0.381 e. The molecule has 0 amide bonds. The summed E-state index contributed by atoms with van der Waals surface area (Å²) in [6.07, 6.45) is -3.79. The van der Waals surface area contributed by atoms with Crippen molar-refractivity contribution in [2.75, 3.05) is 32.2 Å². The molecule has 1 aliphatic rings. The molecule has 1 fully saturated rings. The first-order valence-electron chi connectivity index (χ1n) is 5.27. The summed E-state index contributed by atoms with van der Waals surface area (Å²) in [6.45, 7) is -1.09. The number of rotatable bonds is 5. The van der Waals surface area contributed by atoms with Crippen molar-refractivity contribution in [3.8, 4) is 0 Å². The molecule has 1 aliphatic heterocycles. The van der Waals surface area contributed by atoms with Gasteiger partial charge in [0.25, 0.3) is 0 Å². The Labute approximate surface area is 108 Å². The number of ether oxygens (including phenoxy) is 2. The molecule has 1 heterocycles. The van der Waals surface area contributed by atoms with Crippen LogP contribution < -0.4 is 0 Å². The van der Waals surface area contributed by atoms with Gasteiger partial charge in [0, 0.05) is 29.3 Å². The van der Waals surface area contributed by atoms with Crippen LogP contribution in [0.1, 0.15) is 12.8 Å². The fraction of sp³-hybridized carbons (Fsp3) is 1.00. The smallest absolute Gasteiger partial charge is 0.381 e. The van der Waals surface area contributed by atoms with Crippen LogP contribution in [0.15, 0.2) is 0 Å². The third-order valence-electron chi connectivity index (χ3n) is 2.71. The second-order valence-corrected chi connectivity index (χ2v) is 7.18. The number of hydrogen-bond donors (Lipinski definition) is 0. The summed E-state index contributed by atoms with van der Waals surface area (Å²) in [7, 11) is 1.39. The van der Waals surface area contributed by atoms with Gasteiger partial charge in [-0.25, -0.2) is 8.42 Å². The zero-order chi connectivity index (χ0) is 13.9. The highest BCUT2D eigenvalue weighted by atomic mass is 35.7. The van der Waals surface area contributed by atoms with Crippen molar-refractivity contribution in [3.63, 3.8) is 0 Å². The van der Waals surface area contributed by atoms with E-state index in [2.05, 4.69) is 4.74 Å². The molecule has 0 bridgehead atoms. The molecule has 0 saturated carbocycles. The number of alkyl halides is 3. The molecule has 108 valence electrons. The van der Waals surface area contributed by atoms with Crippen LogP contribution in [-0.2, 0) is 18.5 Å². The maximum absolute atomic E-state index is 12.0. The topological polar surface area (TPSA) is 52.6 Å². The van der Waals surface area contributed by atoms with Gasteiger partial charge in [-0.3, -0.25) is 0 Å². The van der Waals surface area contributed by atoms with Gasteiger partial charge in [0.2, 0.25) is 9.05 Å². The van der Waals surface area contributed by atoms with Crippen LogP contribution in [0.5, 0.6) is 0 Å². The predicted octanol–water partition coefficient (Wildman–Crippen LogP) is 1.93. The molecule has 0 aromatic rings. The molecule has 0 unspecified atom stereocenters. The van der Waals surface area contributed by atoms with E-state index in [-0.39, 0.29) is 6.61 Å². The molecule has 0 aliphatic carbocycles. The van der Waals surface area contributed by atoms with Gasteiger partial charge in [-0.1, -0.05) is 0 Å². The maximum atomic E-state index is 12.0. The second kappa shape index (κ2) is 5.94. The Morgan fingerprint density at radius 2 is 1.83 bits per heavy atom. The highest BCUT2D eigenvalue weighted by Crippen LogP contribution is 2.34. The Hall–Kier alpha value is -0.0500. The van der Waals surface area contributed by atoms with E-state index in [9.17, 15) is 21.6 Å². The van der Waals surface area contributed by atoms with Gasteiger partial charge in [-0.05, 0) is 12.8 Å². The van der Waals surface area contributed by atoms with Gasteiger partial charge in [-0.15, -0.1) is 0 Å². The zero-order valence-corrected chi connectivity index (χ0v) is 11.1. The summed E-state index contributed by atoms with van der Waals surface area (Å²) in [5.74, 6) is -0.400. The van der Waals surface area contributed by atoms with Crippen molar-refractivity contribution < 1.29 is 31.1 Å². The lowest BCUT2D eigenvalue weighted by molar-refractivity contribution is -0.183. The molecule has 0 radical (unpaired) electrons. The monoisotopic (exact) mass is 310 g/mol.